The summed E-state index contributed by atoms with van der Waals surface area (Å²) < 4.78 is 5.60. The van der Waals surface area contributed by atoms with Gasteiger partial charge < -0.3 is 20.7 Å². The Kier molecular flexibility index (Phi) is 12.3. The molecular weight excluding hydrogens is 349 g/mol. The molecule has 1 amide bonds. The van der Waals surface area contributed by atoms with Crippen molar-refractivity contribution in [3.8, 4) is 0 Å². The molecule has 1 saturated carbocycles. The maximum Gasteiger partial charge on any atom is 0.223 e. The number of hydrogen-bond donors (Lipinski definition) is 2. The molecule has 0 spiro atoms. The molecule has 0 radical (unpaired) electrons. The van der Waals surface area contributed by atoms with Crippen molar-refractivity contribution in [2.24, 2.45) is 11.7 Å². The normalized spacial score (nSPS) is 25.7. The first-order chi connectivity index (χ1) is 10.5. The van der Waals surface area contributed by atoms with E-state index in [1.165, 1.54) is 0 Å². The molecule has 0 aromatic carbocycles. The molecule has 2 unspecified atom stereocenters. The Labute approximate surface area is 159 Å². The van der Waals surface area contributed by atoms with Gasteiger partial charge in [0.2, 0.25) is 5.91 Å². The highest BCUT2D eigenvalue weighted by Crippen LogP contribution is 2.23. The van der Waals surface area contributed by atoms with E-state index in [2.05, 4.69) is 24.1 Å². The summed E-state index contributed by atoms with van der Waals surface area (Å²) in [7, 11) is 0. The topological polar surface area (TPSA) is 67.6 Å². The molecule has 0 bridgehead atoms. The van der Waals surface area contributed by atoms with Crippen LogP contribution in [0.15, 0.2) is 0 Å². The quantitative estimate of drug-likeness (QED) is 0.738. The molecule has 0 aromatic heterocycles. The lowest BCUT2D eigenvalue weighted by Gasteiger charge is -2.34. The maximum absolute atomic E-state index is 12.3. The van der Waals surface area contributed by atoms with Crippen LogP contribution in [0.3, 0.4) is 0 Å². The monoisotopic (exact) mass is 383 g/mol. The lowest BCUT2D eigenvalue weighted by molar-refractivity contribution is -0.127. The van der Waals surface area contributed by atoms with Crippen LogP contribution in [-0.4, -0.2) is 55.2 Å². The Hall–Kier alpha value is -0.0700. The molecule has 5 nitrogen and oxygen atoms in total. The van der Waals surface area contributed by atoms with E-state index < -0.39 is 0 Å². The van der Waals surface area contributed by atoms with Gasteiger partial charge in [-0.3, -0.25) is 4.79 Å². The molecule has 7 heteroatoms. The van der Waals surface area contributed by atoms with E-state index in [9.17, 15) is 4.79 Å². The Bertz CT molecular complexity index is 351. The van der Waals surface area contributed by atoms with Crippen molar-refractivity contribution in [2.75, 3.05) is 26.2 Å². The number of carbonyl (C=O) groups excluding carboxylic acids is 1. The van der Waals surface area contributed by atoms with Gasteiger partial charge >= 0.3 is 0 Å². The summed E-state index contributed by atoms with van der Waals surface area (Å²) in [6.07, 6.45) is 6.42. The van der Waals surface area contributed by atoms with Crippen molar-refractivity contribution in [2.45, 2.75) is 70.6 Å². The van der Waals surface area contributed by atoms with Gasteiger partial charge in [-0.1, -0.05) is 6.42 Å². The van der Waals surface area contributed by atoms with Crippen LogP contribution < -0.4 is 11.1 Å². The number of likely N-dealkylation sites (tertiary alicyclic amines) is 1. The van der Waals surface area contributed by atoms with Crippen LogP contribution in [0.4, 0.5) is 0 Å². The summed E-state index contributed by atoms with van der Waals surface area (Å²) in [4.78, 5) is 14.8. The number of hydrogen-bond acceptors (Lipinski definition) is 4. The van der Waals surface area contributed by atoms with Gasteiger partial charge in [-0.25, -0.2) is 0 Å². The van der Waals surface area contributed by atoms with Crippen molar-refractivity contribution in [3.63, 3.8) is 0 Å². The third kappa shape index (κ3) is 8.34. The minimum atomic E-state index is 0. The average molecular weight is 384 g/mol. The summed E-state index contributed by atoms with van der Waals surface area (Å²) in [5.74, 6) is 0.373. The molecule has 24 heavy (non-hydrogen) atoms. The second kappa shape index (κ2) is 12.3. The molecule has 1 heterocycles. The third-order valence-electron chi connectivity index (χ3n) is 4.88. The first-order valence-corrected chi connectivity index (χ1v) is 8.94. The van der Waals surface area contributed by atoms with Crippen LogP contribution in [0.1, 0.15) is 52.4 Å². The number of ether oxygens (including phenoxy) is 1. The van der Waals surface area contributed by atoms with Crippen molar-refractivity contribution >= 4 is 30.7 Å². The van der Waals surface area contributed by atoms with Crippen LogP contribution >= 0.6 is 24.8 Å². The third-order valence-corrected chi connectivity index (χ3v) is 4.88. The van der Waals surface area contributed by atoms with Gasteiger partial charge in [-0.15, -0.1) is 24.8 Å². The molecule has 1 aliphatic heterocycles. The lowest BCUT2D eigenvalue weighted by atomic mass is 9.85. The van der Waals surface area contributed by atoms with E-state index in [0.29, 0.717) is 12.1 Å². The number of nitrogens with one attached hydrogen (secondary N) is 1. The highest BCUT2D eigenvalue weighted by atomic mass is 35.5. The zero-order valence-electron chi connectivity index (χ0n) is 15.0. The van der Waals surface area contributed by atoms with Gasteiger partial charge in [0, 0.05) is 37.6 Å². The highest BCUT2D eigenvalue weighted by molar-refractivity contribution is 5.85. The average Bonchev–Trinajstić information content (AvgIpc) is 2.48. The Morgan fingerprint density at radius 3 is 2.46 bits per heavy atom. The number of carbonyl (C=O) groups is 1. The van der Waals surface area contributed by atoms with Gasteiger partial charge in [-0.05, 0) is 46.0 Å². The molecule has 1 aliphatic carbocycles. The molecule has 144 valence electrons. The molecular formula is C17H35Cl2N3O2. The summed E-state index contributed by atoms with van der Waals surface area (Å²) >= 11 is 0. The minimum Gasteiger partial charge on any atom is -0.377 e. The van der Waals surface area contributed by atoms with E-state index in [0.717, 1.165) is 64.8 Å². The number of amides is 1. The molecule has 2 aliphatic rings. The lowest BCUT2D eigenvalue weighted by Crippen LogP contribution is -2.48. The van der Waals surface area contributed by atoms with Crippen molar-refractivity contribution in [1.29, 1.82) is 0 Å². The molecule has 2 atom stereocenters. The summed E-state index contributed by atoms with van der Waals surface area (Å²) in [5.41, 5.74) is 5.98. The molecule has 3 N–H and O–H groups in total. The maximum atomic E-state index is 12.3. The first-order valence-electron chi connectivity index (χ1n) is 8.94. The SMILES string of the molecule is CC(C)OCCN1CCC(NC(=O)C2CCCC(N)C2)CC1.Cl.Cl. The van der Waals surface area contributed by atoms with E-state index in [1.807, 2.05) is 0 Å². The van der Waals surface area contributed by atoms with Crippen molar-refractivity contribution in [3.05, 3.63) is 0 Å². The van der Waals surface area contributed by atoms with E-state index >= 15 is 0 Å². The standard InChI is InChI=1S/C17H33N3O2.2ClH/c1-13(2)22-11-10-20-8-6-16(7-9-20)19-17(21)14-4-3-5-15(18)12-14;;/h13-16H,3-12,18H2,1-2H3,(H,19,21);2*1H. The number of halogens is 2. The fourth-order valence-corrected chi connectivity index (χ4v) is 3.50. The fraction of sp³-hybridized carbons (Fsp3) is 0.941. The molecule has 0 aromatic rings. The van der Waals surface area contributed by atoms with Gasteiger partial charge in [0.15, 0.2) is 0 Å². The Morgan fingerprint density at radius 2 is 1.88 bits per heavy atom. The second-order valence-electron chi connectivity index (χ2n) is 7.17. The van der Waals surface area contributed by atoms with Crippen LogP contribution in [0.2, 0.25) is 0 Å². The van der Waals surface area contributed by atoms with E-state index in [-0.39, 0.29) is 42.7 Å². The predicted molar refractivity (Wildman–Crippen MR) is 103 cm³/mol. The number of nitrogens with zero attached hydrogens (tertiary/aromatic N) is 1. The number of rotatable bonds is 6. The fourth-order valence-electron chi connectivity index (χ4n) is 3.50. The van der Waals surface area contributed by atoms with Crippen LogP contribution in [-0.2, 0) is 9.53 Å². The van der Waals surface area contributed by atoms with Gasteiger partial charge in [0.05, 0.1) is 12.7 Å². The Morgan fingerprint density at radius 1 is 1.21 bits per heavy atom. The number of piperidine rings is 1. The highest BCUT2D eigenvalue weighted by Gasteiger charge is 2.28. The van der Waals surface area contributed by atoms with E-state index in [1.54, 1.807) is 0 Å². The van der Waals surface area contributed by atoms with Gasteiger partial charge in [0.25, 0.3) is 0 Å². The summed E-state index contributed by atoms with van der Waals surface area (Å²) in [5, 5.41) is 3.25. The zero-order valence-corrected chi connectivity index (χ0v) is 16.7. The smallest absolute Gasteiger partial charge is 0.223 e. The van der Waals surface area contributed by atoms with Crippen molar-refractivity contribution < 1.29 is 9.53 Å². The largest absolute Gasteiger partial charge is 0.377 e. The molecule has 2 rings (SSSR count). The summed E-state index contributed by atoms with van der Waals surface area (Å²) in [6.45, 7) is 8.04. The van der Waals surface area contributed by atoms with E-state index in [4.69, 9.17) is 10.5 Å². The van der Waals surface area contributed by atoms with Crippen LogP contribution in [0, 0.1) is 5.92 Å². The Balaban J connectivity index is 0.00000264. The number of nitrogens with two attached hydrogens (primary N) is 1. The predicted octanol–water partition coefficient (Wildman–Crippen LogP) is 2.35. The minimum absolute atomic E-state index is 0. The first kappa shape index (κ1) is 23.9. The second-order valence-corrected chi connectivity index (χ2v) is 7.17. The van der Waals surface area contributed by atoms with Gasteiger partial charge in [0.1, 0.15) is 0 Å². The summed E-state index contributed by atoms with van der Waals surface area (Å²) in [6, 6.07) is 0.556. The van der Waals surface area contributed by atoms with Crippen molar-refractivity contribution in [1.82, 2.24) is 10.2 Å². The molecule has 2 fully saturated rings. The van der Waals surface area contributed by atoms with Crippen LogP contribution in [0.25, 0.3) is 0 Å². The zero-order chi connectivity index (χ0) is 15.9. The van der Waals surface area contributed by atoms with Gasteiger partial charge in [-0.2, -0.15) is 0 Å². The van der Waals surface area contributed by atoms with Crippen LogP contribution in [0.5, 0.6) is 0 Å². The molecule has 1 saturated heterocycles.